The fourth-order valence-electron chi connectivity index (χ4n) is 2.51. The number of carbonyl (C=O) groups excluding carboxylic acids is 1. The Labute approximate surface area is 137 Å². The number of ether oxygens (including phenoxy) is 1. The fraction of sp³-hybridized carbons (Fsp3) is 0.350. The molecule has 0 aliphatic heterocycles. The Morgan fingerprint density at radius 1 is 0.913 bits per heavy atom. The highest BCUT2D eigenvalue weighted by Gasteiger charge is 2.00. The maximum Gasteiger partial charge on any atom is 0.150 e. The molecule has 0 spiro atoms. The van der Waals surface area contributed by atoms with Crippen LogP contribution < -0.4 is 4.74 Å². The maximum atomic E-state index is 10.8. The molecule has 0 radical (unpaired) electrons. The number of hydrogen-bond donors (Lipinski definition) is 1. The van der Waals surface area contributed by atoms with Crippen molar-refractivity contribution in [2.24, 2.45) is 0 Å². The quantitative estimate of drug-likeness (QED) is 0.529. The van der Waals surface area contributed by atoms with Crippen molar-refractivity contribution in [3.63, 3.8) is 0 Å². The molecular formula is C20H24O3. The van der Waals surface area contributed by atoms with Crippen LogP contribution in [0.25, 0.3) is 0 Å². The minimum atomic E-state index is 0.286. The number of rotatable bonds is 10. The van der Waals surface area contributed by atoms with Gasteiger partial charge in [-0.25, -0.2) is 0 Å². The molecule has 0 heterocycles. The van der Waals surface area contributed by atoms with Crippen LogP contribution in [0, 0.1) is 0 Å². The average Bonchev–Trinajstić information content (AvgIpc) is 2.60. The van der Waals surface area contributed by atoms with Crippen LogP contribution in [0.2, 0.25) is 0 Å². The third kappa shape index (κ3) is 6.25. The van der Waals surface area contributed by atoms with Crippen LogP contribution in [-0.2, 0) is 13.0 Å². The van der Waals surface area contributed by atoms with Gasteiger partial charge in [-0.3, -0.25) is 4.79 Å². The first-order valence-corrected chi connectivity index (χ1v) is 8.18. The Morgan fingerprint density at radius 2 is 1.70 bits per heavy atom. The average molecular weight is 312 g/mol. The van der Waals surface area contributed by atoms with Gasteiger partial charge >= 0.3 is 0 Å². The molecule has 0 saturated carbocycles. The minimum absolute atomic E-state index is 0.286. The van der Waals surface area contributed by atoms with Crippen molar-refractivity contribution in [1.29, 1.82) is 0 Å². The van der Waals surface area contributed by atoms with Gasteiger partial charge in [0.15, 0.2) is 0 Å². The lowest BCUT2D eigenvalue weighted by Gasteiger charge is -2.09. The molecule has 122 valence electrons. The van der Waals surface area contributed by atoms with E-state index in [1.165, 1.54) is 5.56 Å². The van der Waals surface area contributed by atoms with E-state index in [1.54, 1.807) is 6.07 Å². The van der Waals surface area contributed by atoms with Crippen molar-refractivity contribution >= 4 is 6.29 Å². The van der Waals surface area contributed by atoms with Gasteiger partial charge in [-0.15, -0.1) is 0 Å². The van der Waals surface area contributed by atoms with Gasteiger partial charge in [-0.2, -0.15) is 0 Å². The molecule has 23 heavy (non-hydrogen) atoms. The van der Waals surface area contributed by atoms with Crippen molar-refractivity contribution in [1.82, 2.24) is 0 Å². The molecule has 0 bridgehead atoms. The molecule has 0 amide bonds. The predicted molar refractivity (Wildman–Crippen MR) is 91.9 cm³/mol. The third-order valence-electron chi connectivity index (χ3n) is 3.76. The zero-order valence-electron chi connectivity index (χ0n) is 13.4. The lowest BCUT2D eigenvalue weighted by molar-refractivity contribution is 0.112. The highest BCUT2D eigenvalue weighted by Crippen LogP contribution is 2.17. The number of aliphatic hydroxyl groups is 1. The van der Waals surface area contributed by atoms with Crippen LogP contribution in [0.4, 0.5) is 0 Å². The van der Waals surface area contributed by atoms with Crippen LogP contribution in [0.3, 0.4) is 0 Å². The van der Waals surface area contributed by atoms with Crippen molar-refractivity contribution in [3.05, 3.63) is 65.2 Å². The van der Waals surface area contributed by atoms with Gasteiger partial charge in [0.25, 0.3) is 0 Å². The normalized spacial score (nSPS) is 10.5. The first-order chi connectivity index (χ1) is 11.3. The van der Waals surface area contributed by atoms with E-state index < -0.39 is 0 Å². The summed E-state index contributed by atoms with van der Waals surface area (Å²) in [6.07, 6.45) is 6.13. The monoisotopic (exact) mass is 312 g/mol. The Hall–Kier alpha value is -2.13. The zero-order chi connectivity index (χ0) is 16.3. The van der Waals surface area contributed by atoms with Crippen LogP contribution in [0.5, 0.6) is 5.75 Å². The maximum absolute atomic E-state index is 10.8. The number of hydrogen-bond acceptors (Lipinski definition) is 3. The van der Waals surface area contributed by atoms with Gasteiger partial charge in [0, 0.05) is 12.2 Å². The molecule has 1 N–H and O–H groups in total. The Balaban J connectivity index is 1.83. The highest BCUT2D eigenvalue weighted by molar-refractivity contribution is 5.74. The lowest BCUT2D eigenvalue weighted by atomic mass is 10.1. The molecule has 0 aliphatic rings. The number of aliphatic hydroxyl groups excluding tert-OH is 1. The second-order valence-corrected chi connectivity index (χ2v) is 5.69. The smallest absolute Gasteiger partial charge is 0.150 e. The standard InChI is InChI=1S/C20H24O3/c21-12-4-2-1-3-7-17-8-6-11-20(14-17)23-16-19-10-5-9-18(13-19)15-22/h5-6,8-11,13-15,21H,1-4,7,12,16H2. The van der Waals surface area contributed by atoms with E-state index in [9.17, 15) is 4.79 Å². The topological polar surface area (TPSA) is 46.5 Å². The van der Waals surface area contributed by atoms with E-state index in [-0.39, 0.29) is 6.61 Å². The molecule has 0 saturated heterocycles. The molecule has 0 aliphatic carbocycles. The Kier molecular flexibility index (Phi) is 7.34. The first-order valence-electron chi connectivity index (χ1n) is 8.18. The molecule has 0 unspecified atom stereocenters. The molecule has 2 aromatic rings. The molecule has 3 nitrogen and oxygen atoms in total. The van der Waals surface area contributed by atoms with Crippen LogP contribution in [0.15, 0.2) is 48.5 Å². The summed E-state index contributed by atoms with van der Waals surface area (Å²) in [6, 6.07) is 15.6. The minimum Gasteiger partial charge on any atom is -0.489 e. The van der Waals surface area contributed by atoms with Crippen molar-refractivity contribution in [3.8, 4) is 5.75 Å². The number of carbonyl (C=O) groups is 1. The summed E-state index contributed by atoms with van der Waals surface area (Å²) in [5, 5.41) is 8.77. The highest BCUT2D eigenvalue weighted by atomic mass is 16.5. The van der Waals surface area contributed by atoms with E-state index in [4.69, 9.17) is 9.84 Å². The summed E-state index contributed by atoms with van der Waals surface area (Å²) >= 11 is 0. The molecule has 0 aromatic heterocycles. The van der Waals surface area contributed by atoms with Crippen molar-refractivity contribution < 1.29 is 14.6 Å². The summed E-state index contributed by atoms with van der Waals surface area (Å²) in [7, 11) is 0. The van der Waals surface area contributed by atoms with Gasteiger partial charge in [0.1, 0.15) is 18.6 Å². The van der Waals surface area contributed by atoms with E-state index in [0.717, 1.165) is 49.7 Å². The second-order valence-electron chi connectivity index (χ2n) is 5.69. The molecule has 2 aromatic carbocycles. The van der Waals surface area contributed by atoms with Crippen molar-refractivity contribution in [2.75, 3.05) is 6.61 Å². The number of benzene rings is 2. The fourth-order valence-corrected chi connectivity index (χ4v) is 2.51. The molecule has 2 rings (SSSR count). The summed E-state index contributed by atoms with van der Waals surface area (Å²) < 4.78 is 5.83. The van der Waals surface area contributed by atoms with E-state index in [2.05, 4.69) is 12.1 Å². The SMILES string of the molecule is O=Cc1cccc(COc2cccc(CCCCCCO)c2)c1. The van der Waals surface area contributed by atoms with Crippen LogP contribution in [0.1, 0.15) is 47.2 Å². The van der Waals surface area contributed by atoms with Crippen molar-refractivity contribution in [2.45, 2.75) is 38.7 Å². The third-order valence-corrected chi connectivity index (χ3v) is 3.76. The van der Waals surface area contributed by atoms with E-state index >= 15 is 0 Å². The summed E-state index contributed by atoms with van der Waals surface area (Å²) in [5.74, 6) is 0.856. The second kappa shape index (κ2) is 9.80. The summed E-state index contributed by atoms with van der Waals surface area (Å²) in [6.45, 7) is 0.746. The number of aryl methyl sites for hydroxylation is 1. The van der Waals surface area contributed by atoms with Crippen LogP contribution in [-0.4, -0.2) is 18.0 Å². The Morgan fingerprint density at radius 3 is 2.52 bits per heavy atom. The van der Waals surface area contributed by atoms with Gasteiger partial charge in [-0.05, 0) is 48.6 Å². The van der Waals surface area contributed by atoms with Gasteiger partial charge in [0.05, 0.1) is 0 Å². The first kappa shape index (κ1) is 17.2. The van der Waals surface area contributed by atoms with E-state index in [0.29, 0.717) is 12.2 Å². The Bertz CT molecular complexity index is 607. The predicted octanol–water partition coefficient (Wildman–Crippen LogP) is 4.17. The van der Waals surface area contributed by atoms with Gasteiger partial charge < -0.3 is 9.84 Å². The summed E-state index contributed by atoms with van der Waals surface area (Å²) in [5.41, 5.74) is 2.93. The molecular weight excluding hydrogens is 288 g/mol. The van der Waals surface area contributed by atoms with E-state index in [1.807, 2.05) is 30.3 Å². The lowest BCUT2D eigenvalue weighted by Crippen LogP contribution is -1.97. The number of unbranched alkanes of at least 4 members (excludes halogenated alkanes) is 3. The molecule has 3 heteroatoms. The number of aldehydes is 1. The molecule has 0 fully saturated rings. The van der Waals surface area contributed by atoms with Gasteiger partial charge in [-0.1, -0.05) is 43.2 Å². The van der Waals surface area contributed by atoms with Crippen LogP contribution >= 0.6 is 0 Å². The van der Waals surface area contributed by atoms with Gasteiger partial charge in [0.2, 0.25) is 0 Å². The molecule has 0 atom stereocenters. The zero-order valence-corrected chi connectivity index (χ0v) is 13.4. The summed E-state index contributed by atoms with van der Waals surface area (Å²) in [4.78, 5) is 10.8. The largest absolute Gasteiger partial charge is 0.489 e.